The van der Waals surface area contributed by atoms with Crippen LogP contribution in [0.15, 0.2) is 24.5 Å². The third-order valence-electron chi connectivity index (χ3n) is 2.61. The molecule has 0 atom stereocenters. The molecule has 0 saturated carbocycles. The summed E-state index contributed by atoms with van der Waals surface area (Å²) in [5, 5.41) is 9.59. The number of halogens is 1. The van der Waals surface area contributed by atoms with Crippen molar-refractivity contribution in [1.29, 1.82) is 0 Å². The van der Waals surface area contributed by atoms with Crippen molar-refractivity contribution < 1.29 is 4.79 Å². The summed E-state index contributed by atoms with van der Waals surface area (Å²) in [6.07, 6.45) is 2.95. The van der Waals surface area contributed by atoms with E-state index in [1.807, 2.05) is 0 Å². The lowest BCUT2D eigenvalue weighted by molar-refractivity contribution is 0.0953. The topological polar surface area (TPSA) is 96.7 Å². The largest absolute Gasteiger partial charge is 0.398 e. The molecule has 0 bridgehead atoms. The maximum atomic E-state index is 11.9. The van der Waals surface area contributed by atoms with E-state index < -0.39 is 0 Å². The molecule has 100 valence electrons. The molecule has 0 spiro atoms. The minimum absolute atomic E-state index is 0.227. The Morgan fingerprint density at radius 2 is 2.32 bits per heavy atom. The fraction of sp³-hybridized carbons (Fsp3) is 0.250. The number of nitrogens with one attached hydrogen (secondary N) is 2. The number of nitrogen functional groups attached to an aromatic ring is 1. The van der Waals surface area contributed by atoms with E-state index in [2.05, 4.69) is 20.5 Å². The predicted molar refractivity (Wildman–Crippen MR) is 72.9 cm³/mol. The van der Waals surface area contributed by atoms with Gasteiger partial charge in [-0.1, -0.05) is 17.7 Å². The van der Waals surface area contributed by atoms with Gasteiger partial charge in [0.05, 0.1) is 16.3 Å². The van der Waals surface area contributed by atoms with Crippen molar-refractivity contribution in [2.75, 3.05) is 12.3 Å². The van der Waals surface area contributed by atoms with Gasteiger partial charge in [0.25, 0.3) is 5.91 Å². The summed E-state index contributed by atoms with van der Waals surface area (Å²) in [5.41, 5.74) is 6.44. The zero-order chi connectivity index (χ0) is 13.7. The molecule has 19 heavy (non-hydrogen) atoms. The van der Waals surface area contributed by atoms with Crippen LogP contribution in [0.1, 0.15) is 22.6 Å². The summed E-state index contributed by atoms with van der Waals surface area (Å²) >= 11 is 5.97. The van der Waals surface area contributed by atoms with E-state index in [4.69, 9.17) is 17.3 Å². The lowest BCUT2D eigenvalue weighted by Gasteiger charge is -2.07. The highest BCUT2D eigenvalue weighted by Crippen LogP contribution is 2.22. The van der Waals surface area contributed by atoms with Crippen LogP contribution in [0.2, 0.25) is 5.02 Å². The van der Waals surface area contributed by atoms with Crippen molar-refractivity contribution >= 4 is 23.2 Å². The number of benzene rings is 1. The van der Waals surface area contributed by atoms with Crippen LogP contribution in [0.4, 0.5) is 5.69 Å². The van der Waals surface area contributed by atoms with E-state index in [1.54, 1.807) is 18.2 Å². The minimum Gasteiger partial charge on any atom is -0.398 e. The van der Waals surface area contributed by atoms with Crippen LogP contribution in [-0.4, -0.2) is 27.6 Å². The number of hydrogen-bond donors (Lipinski definition) is 3. The number of H-pyrrole nitrogens is 1. The summed E-state index contributed by atoms with van der Waals surface area (Å²) in [4.78, 5) is 15.9. The lowest BCUT2D eigenvalue weighted by Crippen LogP contribution is -2.25. The van der Waals surface area contributed by atoms with Crippen molar-refractivity contribution in [2.24, 2.45) is 0 Å². The number of carbonyl (C=O) groups excluding carboxylic acids is 1. The Labute approximate surface area is 115 Å². The van der Waals surface area contributed by atoms with Gasteiger partial charge in [-0.05, 0) is 18.6 Å². The van der Waals surface area contributed by atoms with E-state index in [1.165, 1.54) is 6.33 Å². The van der Waals surface area contributed by atoms with Crippen molar-refractivity contribution in [3.63, 3.8) is 0 Å². The van der Waals surface area contributed by atoms with Crippen LogP contribution in [0, 0.1) is 0 Å². The number of nitrogens with zero attached hydrogens (tertiary/aromatic N) is 2. The number of aromatic amines is 1. The summed E-state index contributed by atoms with van der Waals surface area (Å²) in [7, 11) is 0. The molecule has 0 aliphatic rings. The molecule has 0 unspecified atom stereocenters. The Morgan fingerprint density at radius 1 is 1.47 bits per heavy atom. The predicted octanol–water partition coefficient (Wildman–Crippen LogP) is 1.40. The molecule has 6 nitrogen and oxygen atoms in total. The van der Waals surface area contributed by atoms with Crippen LogP contribution in [0.25, 0.3) is 0 Å². The standard InChI is InChI=1S/C12H14ClN5O/c13-11-8(3-1-4-9(11)14)12(19)15-6-2-5-10-16-7-17-18-10/h1,3-4,7H,2,5-6,14H2,(H,15,19)(H,16,17,18). The van der Waals surface area contributed by atoms with Gasteiger partial charge in [-0.25, -0.2) is 4.98 Å². The maximum absolute atomic E-state index is 11.9. The smallest absolute Gasteiger partial charge is 0.252 e. The SMILES string of the molecule is Nc1cccc(C(=O)NCCCc2ncn[nH]2)c1Cl. The number of carbonyl (C=O) groups is 1. The van der Waals surface area contributed by atoms with E-state index in [9.17, 15) is 4.79 Å². The van der Waals surface area contributed by atoms with Gasteiger partial charge < -0.3 is 11.1 Å². The van der Waals surface area contributed by atoms with Gasteiger partial charge in [-0.3, -0.25) is 9.89 Å². The number of nitrogens with two attached hydrogens (primary N) is 1. The van der Waals surface area contributed by atoms with Crippen LogP contribution in [0.3, 0.4) is 0 Å². The second-order valence-corrected chi connectivity index (χ2v) is 4.38. The molecule has 0 aliphatic heterocycles. The van der Waals surface area contributed by atoms with Gasteiger partial charge in [0.15, 0.2) is 0 Å². The lowest BCUT2D eigenvalue weighted by atomic mass is 10.2. The van der Waals surface area contributed by atoms with Gasteiger partial charge in [-0.2, -0.15) is 5.10 Å². The molecule has 0 aliphatic carbocycles. The Morgan fingerprint density at radius 3 is 3.05 bits per heavy atom. The monoisotopic (exact) mass is 279 g/mol. The fourth-order valence-corrected chi connectivity index (χ4v) is 1.84. The van der Waals surface area contributed by atoms with Crippen LogP contribution in [-0.2, 0) is 6.42 Å². The van der Waals surface area contributed by atoms with Crippen molar-refractivity contribution in [3.8, 4) is 0 Å². The molecule has 1 amide bonds. The highest BCUT2D eigenvalue weighted by Gasteiger charge is 2.11. The zero-order valence-electron chi connectivity index (χ0n) is 10.2. The first kappa shape index (κ1) is 13.4. The number of anilines is 1. The van der Waals surface area contributed by atoms with Gasteiger partial charge in [-0.15, -0.1) is 0 Å². The number of aromatic nitrogens is 3. The van der Waals surface area contributed by atoms with Gasteiger partial charge in [0.2, 0.25) is 0 Å². The number of hydrogen-bond acceptors (Lipinski definition) is 4. The Kier molecular flexibility index (Phi) is 4.35. The molecule has 0 saturated heterocycles. The molecule has 0 fully saturated rings. The number of aryl methyl sites for hydroxylation is 1. The third-order valence-corrected chi connectivity index (χ3v) is 3.04. The summed E-state index contributed by atoms with van der Waals surface area (Å²) in [5.74, 6) is 0.575. The number of rotatable bonds is 5. The van der Waals surface area contributed by atoms with E-state index >= 15 is 0 Å². The molecule has 2 rings (SSSR count). The van der Waals surface area contributed by atoms with Crippen LogP contribution < -0.4 is 11.1 Å². The first-order valence-electron chi connectivity index (χ1n) is 5.85. The summed E-state index contributed by atoms with van der Waals surface area (Å²) in [6.45, 7) is 0.532. The molecular weight excluding hydrogens is 266 g/mol. The second kappa shape index (κ2) is 6.19. The quantitative estimate of drug-likeness (QED) is 0.569. The summed E-state index contributed by atoms with van der Waals surface area (Å²) < 4.78 is 0. The Bertz CT molecular complexity index is 555. The average molecular weight is 280 g/mol. The number of amides is 1. The molecule has 4 N–H and O–H groups in total. The van der Waals surface area contributed by atoms with E-state index in [0.717, 1.165) is 18.7 Å². The highest BCUT2D eigenvalue weighted by atomic mass is 35.5. The highest BCUT2D eigenvalue weighted by molar-refractivity contribution is 6.36. The average Bonchev–Trinajstić information content (AvgIpc) is 2.91. The normalized spacial score (nSPS) is 10.4. The molecule has 1 heterocycles. The van der Waals surface area contributed by atoms with Gasteiger partial charge >= 0.3 is 0 Å². The van der Waals surface area contributed by atoms with Crippen LogP contribution in [0.5, 0.6) is 0 Å². The Balaban J connectivity index is 1.83. The van der Waals surface area contributed by atoms with Crippen molar-refractivity contribution in [2.45, 2.75) is 12.8 Å². The minimum atomic E-state index is -0.227. The fourth-order valence-electron chi connectivity index (χ4n) is 1.63. The van der Waals surface area contributed by atoms with Gasteiger partial charge in [0, 0.05) is 13.0 Å². The van der Waals surface area contributed by atoms with E-state index in [0.29, 0.717) is 17.8 Å². The second-order valence-electron chi connectivity index (χ2n) is 4.00. The van der Waals surface area contributed by atoms with Gasteiger partial charge in [0.1, 0.15) is 12.2 Å². The molecule has 2 aromatic rings. The van der Waals surface area contributed by atoms with Crippen molar-refractivity contribution in [1.82, 2.24) is 20.5 Å². The molecular formula is C12H14ClN5O. The summed E-state index contributed by atoms with van der Waals surface area (Å²) in [6, 6.07) is 5.00. The Hall–Kier alpha value is -2.08. The molecule has 1 aromatic carbocycles. The van der Waals surface area contributed by atoms with Crippen molar-refractivity contribution in [3.05, 3.63) is 40.9 Å². The third kappa shape index (κ3) is 3.45. The first-order chi connectivity index (χ1) is 9.18. The zero-order valence-corrected chi connectivity index (χ0v) is 10.9. The molecule has 0 radical (unpaired) electrons. The molecule has 1 aromatic heterocycles. The molecule has 7 heteroatoms. The van der Waals surface area contributed by atoms with E-state index in [-0.39, 0.29) is 10.9 Å². The van der Waals surface area contributed by atoms with Crippen LogP contribution >= 0.6 is 11.6 Å². The first-order valence-corrected chi connectivity index (χ1v) is 6.22. The maximum Gasteiger partial charge on any atom is 0.252 e.